The third-order valence-corrected chi connectivity index (χ3v) is 12.2. The first kappa shape index (κ1) is 63.0. The van der Waals surface area contributed by atoms with Gasteiger partial charge in [-0.25, -0.2) is 0 Å². The van der Waals surface area contributed by atoms with Crippen molar-refractivity contribution in [3.8, 4) is 0 Å². The van der Waals surface area contributed by atoms with Crippen molar-refractivity contribution >= 4 is 17.9 Å². The van der Waals surface area contributed by atoms with Crippen molar-refractivity contribution in [2.24, 2.45) is 0 Å². The lowest BCUT2D eigenvalue weighted by atomic mass is 10.0. The Balaban J connectivity index is 4.23. The van der Waals surface area contributed by atoms with Crippen LogP contribution in [-0.4, -0.2) is 75.5 Å². The number of hydrogen-bond donors (Lipinski definition) is 0. The molecule has 0 aliphatic rings. The summed E-state index contributed by atoms with van der Waals surface area (Å²) in [6, 6.07) is -0.732. The summed E-state index contributed by atoms with van der Waals surface area (Å²) in [5, 5.41) is 11.7. The zero-order valence-electron chi connectivity index (χ0n) is 43.6. The van der Waals surface area contributed by atoms with Crippen molar-refractivity contribution < 1.29 is 38.2 Å². The van der Waals surface area contributed by atoms with Crippen LogP contribution in [0.25, 0.3) is 0 Å². The van der Waals surface area contributed by atoms with Crippen LogP contribution in [0.3, 0.4) is 0 Å². The van der Waals surface area contributed by atoms with Crippen LogP contribution in [0.2, 0.25) is 0 Å². The molecule has 0 aliphatic heterocycles. The lowest BCUT2D eigenvalue weighted by Gasteiger charge is -2.34. The normalized spacial score (nSPS) is 13.3. The van der Waals surface area contributed by atoms with Gasteiger partial charge in [0.2, 0.25) is 0 Å². The number of esters is 2. The maximum Gasteiger partial charge on any atom is 0.306 e. The molecule has 0 saturated heterocycles. The molecule has 8 heteroatoms. The minimum Gasteiger partial charge on any atom is -0.544 e. The second-order valence-electron chi connectivity index (χ2n) is 19.4. The fraction of sp³-hybridized carbons (Fsp3) is 0.776. The summed E-state index contributed by atoms with van der Waals surface area (Å²) in [6.45, 7) is 4.55. The van der Waals surface area contributed by atoms with Crippen LogP contribution >= 0.6 is 0 Å². The van der Waals surface area contributed by atoms with Gasteiger partial charge in [0, 0.05) is 19.3 Å². The summed E-state index contributed by atoms with van der Waals surface area (Å²) in [5.41, 5.74) is 0. The van der Waals surface area contributed by atoms with E-state index in [2.05, 4.69) is 74.6 Å². The lowest BCUT2D eigenvalue weighted by molar-refractivity contribution is -0.889. The smallest absolute Gasteiger partial charge is 0.306 e. The van der Waals surface area contributed by atoms with E-state index < -0.39 is 18.1 Å². The number of carbonyl (C=O) groups is 3. The monoisotopic (exact) mass is 926 g/mol. The summed E-state index contributed by atoms with van der Waals surface area (Å²) >= 11 is 0. The number of likely N-dealkylation sites (N-methyl/N-ethyl adjacent to an activating group) is 1. The first-order valence-electron chi connectivity index (χ1n) is 27.3. The molecule has 0 rings (SSSR count). The molecule has 0 aromatic carbocycles. The van der Waals surface area contributed by atoms with Crippen molar-refractivity contribution in [1.29, 1.82) is 0 Å². The van der Waals surface area contributed by atoms with Crippen molar-refractivity contribution in [3.05, 3.63) is 60.8 Å². The van der Waals surface area contributed by atoms with Crippen molar-refractivity contribution in [3.63, 3.8) is 0 Å². The zero-order valence-corrected chi connectivity index (χ0v) is 43.6. The second-order valence-corrected chi connectivity index (χ2v) is 19.4. The molecule has 2 unspecified atom stereocenters. The van der Waals surface area contributed by atoms with E-state index in [1.54, 1.807) is 21.1 Å². The van der Waals surface area contributed by atoms with Gasteiger partial charge < -0.3 is 28.6 Å². The number of allylic oxidation sites excluding steroid dienone is 10. The van der Waals surface area contributed by atoms with Crippen LogP contribution in [0.4, 0.5) is 0 Å². The molecule has 66 heavy (non-hydrogen) atoms. The van der Waals surface area contributed by atoms with E-state index in [-0.39, 0.29) is 42.7 Å². The highest BCUT2D eigenvalue weighted by atomic mass is 16.6. The molecule has 2 atom stereocenters. The van der Waals surface area contributed by atoms with E-state index in [1.807, 2.05) is 0 Å². The number of ether oxygens (including phenoxy) is 3. The molecule has 0 aromatic rings. The maximum atomic E-state index is 12.8. The maximum absolute atomic E-state index is 12.8. The molecule has 0 aromatic heterocycles. The lowest BCUT2D eigenvalue weighted by Crippen LogP contribution is -2.55. The van der Waals surface area contributed by atoms with Gasteiger partial charge in [-0.3, -0.25) is 9.59 Å². The minimum atomic E-state index is -1.13. The Labute approximate surface area is 407 Å². The average Bonchev–Trinajstić information content (AvgIpc) is 3.28. The number of carboxylic acids is 1. The number of quaternary nitrogens is 1. The summed E-state index contributed by atoms with van der Waals surface area (Å²) in [7, 11) is 5.41. The quantitative estimate of drug-likeness (QED) is 0.0259. The molecule has 0 N–H and O–H groups in total. The summed E-state index contributed by atoms with van der Waals surface area (Å²) in [6.07, 6.45) is 61.2. The molecular weight excluding hydrogens is 823 g/mol. The van der Waals surface area contributed by atoms with Crippen LogP contribution < -0.4 is 5.11 Å². The van der Waals surface area contributed by atoms with E-state index >= 15 is 0 Å². The first-order chi connectivity index (χ1) is 32.1. The number of unbranched alkanes of at least 4 members (excludes halogenated alkanes) is 25. The molecular formula is C58H103NO7. The van der Waals surface area contributed by atoms with Crippen molar-refractivity contribution in [2.75, 3.05) is 41.0 Å². The van der Waals surface area contributed by atoms with Crippen LogP contribution in [0, 0.1) is 0 Å². The molecule has 0 radical (unpaired) electrons. The van der Waals surface area contributed by atoms with Gasteiger partial charge >= 0.3 is 11.9 Å². The minimum absolute atomic E-state index is 0.0328. The van der Waals surface area contributed by atoms with Gasteiger partial charge in [0.1, 0.15) is 12.6 Å². The van der Waals surface area contributed by atoms with Gasteiger partial charge in [0.05, 0.1) is 40.3 Å². The Morgan fingerprint density at radius 2 is 0.848 bits per heavy atom. The molecule has 382 valence electrons. The number of hydrogen-bond acceptors (Lipinski definition) is 7. The number of carbonyl (C=O) groups excluding carboxylic acids is 3. The second kappa shape index (κ2) is 48.5. The summed E-state index contributed by atoms with van der Waals surface area (Å²) in [5.74, 6) is -1.76. The van der Waals surface area contributed by atoms with Gasteiger partial charge in [-0.05, 0) is 57.8 Å². The molecule has 0 aliphatic carbocycles. The van der Waals surface area contributed by atoms with Gasteiger partial charge in [0.15, 0.2) is 6.10 Å². The predicted molar refractivity (Wildman–Crippen MR) is 277 cm³/mol. The average molecular weight is 926 g/mol. The van der Waals surface area contributed by atoms with Crippen LogP contribution in [0.15, 0.2) is 60.8 Å². The Morgan fingerprint density at radius 1 is 0.470 bits per heavy atom. The molecule has 0 saturated carbocycles. The van der Waals surface area contributed by atoms with Gasteiger partial charge in [-0.2, -0.15) is 0 Å². The van der Waals surface area contributed by atoms with E-state index in [1.165, 1.54) is 122 Å². The Kier molecular flexibility index (Phi) is 46.3. The van der Waals surface area contributed by atoms with Crippen LogP contribution in [0.5, 0.6) is 0 Å². The molecule has 0 amide bonds. The number of carboxylic acid groups (broad SMARTS) is 1. The Hall–Kier alpha value is -2.97. The van der Waals surface area contributed by atoms with E-state index in [0.717, 1.165) is 83.5 Å². The summed E-state index contributed by atoms with van der Waals surface area (Å²) < 4.78 is 17.3. The Bertz CT molecular complexity index is 1260. The van der Waals surface area contributed by atoms with Gasteiger partial charge in [0.25, 0.3) is 0 Å². The van der Waals surface area contributed by atoms with Crippen molar-refractivity contribution in [2.45, 2.75) is 251 Å². The van der Waals surface area contributed by atoms with Gasteiger partial charge in [-0.15, -0.1) is 0 Å². The Morgan fingerprint density at radius 3 is 1.26 bits per heavy atom. The fourth-order valence-electron chi connectivity index (χ4n) is 7.98. The highest BCUT2D eigenvalue weighted by molar-refractivity contribution is 5.70. The molecule has 8 nitrogen and oxygen atoms in total. The van der Waals surface area contributed by atoms with E-state index in [0.29, 0.717) is 12.8 Å². The fourth-order valence-corrected chi connectivity index (χ4v) is 7.98. The number of nitrogens with zero attached hydrogens (tertiary/aromatic N) is 1. The standard InChI is InChI=1S/C58H103NO7/c1-6-8-10-12-14-16-18-20-22-24-26-28-29-31-33-35-37-39-41-43-45-47-49-57(61)66-54(52-64-51-50-55(58(62)63)59(3,4)5)53-65-56(60)48-46-44-42-40-38-36-34-32-30-27-25-23-21-19-17-15-13-11-9-7-2/h9,11,15,17,21,23,27,30,34,36,54-55H,6-8,10,12-14,16,18-20,22,24-26,28-29,31-33,35,37-53H2,1-5H3/b11-9+,17-15+,23-21+,30-27+,36-34+. The van der Waals surface area contributed by atoms with Crippen LogP contribution in [0.1, 0.15) is 239 Å². The zero-order chi connectivity index (χ0) is 48.4. The van der Waals surface area contributed by atoms with E-state index in [9.17, 15) is 19.5 Å². The predicted octanol–water partition coefficient (Wildman–Crippen LogP) is 14.8. The number of aliphatic carboxylic acids is 1. The third-order valence-electron chi connectivity index (χ3n) is 12.2. The topological polar surface area (TPSA) is 102 Å². The SMILES string of the molecule is CC/C=C/C/C=C/C/C=C/C/C=C/C/C=C/CCCCCCC(=O)OCC(COCCC(C(=O)[O-])[N+](C)(C)C)OC(=O)CCCCCCCCCCCCCCCCCCCCCCCC. The largest absolute Gasteiger partial charge is 0.544 e. The highest BCUT2D eigenvalue weighted by Gasteiger charge is 2.25. The molecule has 0 bridgehead atoms. The van der Waals surface area contributed by atoms with Crippen molar-refractivity contribution in [1.82, 2.24) is 0 Å². The van der Waals surface area contributed by atoms with E-state index in [4.69, 9.17) is 14.2 Å². The first-order valence-corrected chi connectivity index (χ1v) is 27.3. The third kappa shape index (κ3) is 46.2. The van der Waals surface area contributed by atoms with Gasteiger partial charge in [-0.1, -0.05) is 222 Å². The molecule has 0 fully saturated rings. The molecule has 0 spiro atoms. The van der Waals surface area contributed by atoms with Crippen LogP contribution in [-0.2, 0) is 28.6 Å². The number of rotatable bonds is 49. The summed E-state index contributed by atoms with van der Waals surface area (Å²) in [4.78, 5) is 37.1. The highest BCUT2D eigenvalue weighted by Crippen LogP contribution is 2.16. The molecule has 0 heterocycles.